The molecule has 4 atom stereocenters. The lowest BCUT2D eigenvalue weighted by Crippen LogP contribution is -2.49. The second kappa shape index (κ2) is 8.20. The maximum Gasteiger partial charge on any atom is 0.269 e. The molecule has 3 aliphatic heterocycles. The van der Waals surface area contributed by atoms with E-state index in [1.807, 2.05) is 49.1 Å². The minimum Gasteiger partial charge on any atom is -0.352 e. The molecule has 0 unspecified atom stereocenters. The average Bonchev–Trinajstić information content (AvgIpc) is 3.30. The number of nitro benzene ring substituents is 1. The van der Waals surface area contributed by atoms with Crippen LogP contribution in [-0.4, -0.2) is 46.0 Å². The first kappa shape index (κ1) is 22.0. The number of anilines is 1. The molecule has 2 saturated heterocycles. The third kappa shape index (κ3) is 3.16. The van der Waals surface area contributed by atoms with Gasteiger partial charge in [0.05, 0.1) is 22.8 Å². The molecular formula is C26H25N3O5. The number of para-hydroxylation sites is 1. The molecule has 174 valence electrons. The van der Waals surface area contributed by atoms with Gasteiger partial charge in [-0.3, -0.25) is 29.4 Å². The van der Waals surface area contributed by atoms with Crippen molar-refractivity contribution < 1.29 is 19.3 Å². The van der Waals surface area contributed by atoms with Crippen LogP contribution in [0.3, 0.4) is 0 Å². The van der Waals surface area contributed by atoms with Gasteiger partial charge in [-0.05, 0) is 37.1 Å². The molecule has 5 rings (SSSR count). The summed E-state index contributed by atoms with van der Waals surface area (Å²) in [6, 6.07) is 11.8. The van der Waals surface area contributed by atoms with Gasteiger partial charge in [0.15, 0.2) is 5.78 Å². The van der Waals surface area contributed by atoms with Gasteiger partial charge in [0, 0.05) is 35.5 Å². The third-order valence-electron chi connectivity index (χ3n) is 7.21. The summed E-state index contributed by atoms with van der Waals surface area (Å²) in [5.41, 5.74) is 2.96. The van der Waals surface area contributed by atoms with Gasteiger partial charge in [0.25, 0.3) is 5.69 Å². The molecular weight excluding hydrogens is 434 g/mol. The molecule has 0 aromatic heterocycles. The van der Waals surface area contributed by atoms with Crippen molar-refractivity contribution in [3.8, 4) is 0 Å². The number of likely N-dealkylation sites (tertiary alicyclic amines) is 1. The topological polar surface area (TPSA) is 101 Å². The summed E-state index contributed by atoms with van der Waals surface area (Å²) in [5.74, 6) is -2.27. The fraction of sp³-hybridized carbons (Fsp3) is 0.346. The molecule has 0 bridgehead atoms. The summed E-state index contributed by atoms with van der Waals surface area (Å²) < 4.78 is 0. The number of nitrogens with zero attached hydrogens (tertiary/aromatic N) is 3. The molecule has 0 spiro atoms. The van der Waals surface area contributed by atoms with Crippen molar-refractivity contribution in [3.63, 3.8) is 0 Å². The second-order valence-corrected chi connectivity index (χ2v) is 9.11. The first-order valence-corrected chi connectivity index (χ1v) is 11.5. The number of rotatable bonds is 6. The van der Waals surface area contributed by atoms with E-state index >= 15 is 0 Å². The van der Waals surface area contributed by atoms with E-state index in [1.54, 1.807) is 0 Å². The van der Waals surface area contributed by atoms with E-state index in [1.165, 1.54) is 29.2 Å². The zero-order chi connectivity index (χ0) is 24.1. The number of allylic oxidation sites excluding steroid dienone is 1. The van der Waals surface area contributed by atoms with E-state index in [0.29, 0.717) is 13.0 Å². The Balaban J connectivity index is 1.62. The molecule has 3 heterocycles. The number of fused-ring (bicyclic) bond motifs is 5. The smallest absolute Gasteiger partial charge is 0.269 e. The van der Waals surface area contributed by atoms with Crippen LogP contribution < -0.4 is 4.90 Å². The highest BCUT2D eigenvalue weighted by Gasteiger charge is 2.64. The summed E-state index contributed by atoms with van der Waals surface area (Å²) in [5, 5.41) is 11.1. The van der Waals surface area contributed by atoms with Crippen molar-refractivity contribution in [2.45, 2.75) is 38.8 Å². The monoisotopic (exact) mass is 459 g/mol. The Hall–Kier alpha value is -3.81. The number of carbonyl (C=O) groups excluding carboxylic acids is 3. The number of non-ortho nitro benzene ring substituents is 1. The standard InChI is InChI=1S/C26H25N3O5/c1-3-4-13-27-25(31)21-20-14-15(2)18-7-5-6-8-19(18)28(20)23(22(21)26(27)32)24(30)16-9-11-17(12-10-16)29(33)34/h5-12,14,20-23H,3-4,13H2,1-2H3/t20-,21+,22-,23+/m1/s1. The van der Waals surface area contributed by atoms with Crippen molar-refractivity contribution in [2.24, 2.45) is 11.8 Å². The molecule has 2 amide bonds. The molecule has 3 aliphatic rings. The van der Waals surface area contributed by atoms with Gasteiger partial charge in [0.2, 0.25) is 11.8 Å². The fourth-order valence-corrected chi connectivity index (χ4v) is 5.61. The first-order valence-electron chi connectivity index (χ1n) is 11.5. The molecule has 8 nitrogen and oxygen atoms in total. The van der Waals surface area contributed by atoms with Crippen LogP contribution in [0.4, 0.5) is 11.4 Å². The predicted octanol–water partition coefficient (Wildman–Crippen LogP) is 3.85. The summed E-state index contributed by atoms with van der Waals surface area (Å²) in [7, 11) is 0. The third-order valence-corrected chi connectivity index (χ3v) is 7.21. The van der Waals surface area contributed by atoms with E-state index in [0.717, 1.165) is 23.2 Å². The number of amides is 2. The summed E-state index contributed by atoms with van der Waals surface area (Å²) in [6.45, 7) is 4.33. The zero-order valence-corrected chi connectivity index (χ0v) is 19.0. The summed E-state index contributed by atoms with van der Waals surface area (Å²) in [6.07, 6.45) is 3.56. The highest BCUT2D eigenvalue weighted by molar-refractivity contribution is 6.14. The molecule has 0 saturated carbocycles. The highest BCUT2D eigenvalue weighted by Crippen LogP contribution is 2.50. The van der Waals surface area contributed by atoms with Crippen LogP contribution in [0.25, 0.3) is 5.57 Å². The molecule has 0 aliphatic carbocycles. The van der Waals surface area contributed by atoms with Crippen molar-refractivity contribution >= 4 is 34.5 Å². The van der Waals surface area contributed by atoms with Crippen molar-refractivity contribution in [2.75, 3.05) is 11.4 Å². The number of benzene rings is 2. The number of Topliss-reactive ketones (excluding diaryl/α,β-unsaturated/α-hetero) is 1. The first-order chi connectivity index (χ1) is 16.3. The molecule has 0 radical (unpaired) electrons. The number of unbranched alkanes of at least 4 members (excludes halogenated alkanes) is 1. The van der Waals surface area contributed by atoms with Crippen LogP contribution in [0.5, 0.6) is 0 Å². The molecule has 0 N–H and O–H groups in total. The van der Waals surface area contributed by atoms with Crippen LogP contribution in [0.15, 0.2) is 54.6 Å². The van der Waals surface area contributed by atoms with Gasteiger partial charge in [-0.2, -0.15) is 0 Å². The highest BCUT2D eigenvalue weighted by atomic mass is 16.6. The molecule has 34 heavy (non-hydrogen) atoms. The predicted molar refractivity (Wildman–Crippen MR) is 126 cm³/mol. The number of hydrogen-bond acceptors (Lipinski definition) is 6. The number of imide groups is 1. The lowest BCUT2D eigenvalue weighted by molar-refractivity contribution is -0.384. The number of ketones is 1. The Kier molecular flexibility index (Phi) is 5.31. The maximum absolute atomic E-state index is 13.9. The van der Waals surface area contributed by atoms with Gasteiger partial charge >= 0.3 is 0 Å². The van der Waals surface area contributed by atoms with Crippen LogP contribution in [0.2, 0.25) is 0 Å². The lowest BCUT2D eigenvalue weighted by Gasteiger charge is -2.38. The van der Waals surface area contributed by atoms with Gasteiger partial charge in [-0.15, -0.1) is 0 Å². The van der Waals surface area contributed by atoms with Crippen molar-refractivity contribution in [3.05, 3.63) is 75.8 Å². The van der Waals surface area contributed by atoms with Gasteiger partial charge < -0.3 is 4.90 Å². The van der Waals surface area contributed by atoms with E-state index in [-0.39, 0.29) is 28.8 Å². The van der Waals surface area contributed by atoms with E-state index in [2.05, 4.69) is 0 Å². The van der Waals surface area contributed by atoms with E-state index in [4.69, 9.17) is 0 Å². The lowest BCUT2D eigenvalue weighted by atomic mass is 9.85. The largest absolute Gasteiger partial charge is 0.352 e. The summed E-state index contributed by atoms with van der Waals surface area (Å²) >= 11 is 0. The maximum atomic E-state index is 13.9. The Morgan fingerprint density at radius 2 is 1.71 bits per heavy atom. The Bertz CT molecular complexity index is 1240. The minimum absolute atomic E-state index is 0.113. The van der Waals surface area contributed by atoms with E-state index in [9.17, 15) is 24.5 Å². The molecule has 2 fully saturated rings. The van der Waals surface area contributed by atoms with E-state index < -0.39 is 28.8 Å². The van der Waals surface area contributed by atoms with Crippen molar-refractivity contribution in [1.29, 1.82) is 0 Å². The Labute approximate surface area is 197 Å². The fourth-order valence-electron chi connectivity index (χ4n) is 5.61. The second-order valence-electron chi connectivity index (χ2n) is 9.11. The minimum atomic E-state index is -0.870. The van der Waals surface area contributed by atoms with Crippen LogP contribution in [0, 0.1) is 22.0 Å². The molecule has 8 heteroatoms. The normalized spacial score (nSPS) is 25.1. The molecule has 2 aromatic carbocycles. The van der Waals surface area contributed by atoms with Crippen LogP contribution in [-0.2, 0) is 9.59 Å². The number of nitro groups is 1. The van der Waals surface area contributed by atoms with Crippen LogP contribution >= 0.6 is 0 Å². The van der Waals surface area contributed by atoms with Crippen LogP contribution in [0.1, 0.15) is 42.6 Å². The quantitative estimate of drug-likeness (QED) is 0.281. The Morgan fingerprint density at radius 3 is 2.38 bits per heavy atom. The van der Waals surface area contributed by atoms with Gasteiger partial charge in [-0.25, -0.2) is 0 Å². The number of hydrogen-bond donors (Lipinski definition) is 0. The number of carbonyl (C=O) groups is 3. The van der Waals surface area contributed by atoms with Crippen molar-refractivity contribution in [1.82, 2.24) is 4.90 Å². The molecule has 2 aromatic rings. The zero-order valence-electron chi connectivity index (χ0n) is 19.0. The summed E-state index contributed by atoms with van der Waals surface area (Å²) in [4.78, 5) is 54.7. The SMILES string of the molecule is CCCCN1C(=O)[C@@H]2[C@@H](C1=O)[C@@H](C(=O)c1ccc([N+](=O)[O-])cc1)N1c3ccccc3C(C)=C[C@H]21. The average molecular weight is 460 g/mol. The van der Waals surface area contributed by atoms with Gasteiger partial charge in [0.1, 0.15) is 6.04 Å². The Morgan fingerprint density at radius 1 is 1.03 bits per heavy atom. The van der Waals surface area contributed by atoms with Gasteiger partial charge in [-0.1, -0.05) is 37.6 Å².